The van der Waals surface area contributed by atoms with E-state index in [0.29, 0.717) is 6.04 Å². The van der Waals surface area contributed by atoms with Gasteiger partial charge in [-0.05, 0) is 13.3 Å². The summed E-state index contributed by atoms with van der Waals surface area (Å²) in [4.78, 5) is 13.4. The van der Waals surface area contributed by atoms with Crippen molar-refractivity contribution in [1.82, 2.24) is 10.2 Å². The summed E-state index contributed by atoms with van der Waals surface area (Å²) in [5, 5.41) is 3.07. The molecular weight excluding hydrogens is 248 g/mol. The van der Waals surface area contributed by atoms with Gasteiger partial charge >= 0.3 is 6.03 Å². The van der Waals surface area contributed by atoms with Gasteiger partial charge in [0.15, 0.2) is 0 Å². The van der Waals surface area contributed by atoms with Crippen molar-refractivity contribution >= 4 is 6.03 Å². The molecule has 2 amide bonds. The molecule has 20 heavy (non-hydrogen) atoms. The molecule has 0 spiro atoms. The smallest absolute Gasteiger partial charge is 0.317 e. The van der Waals surface area contributed by atoms with E-state index in [9.17, 15) is 4.79 Å². The largest absolute Gasteiger partial charge is 0.333 e. The molecule has 0 radical (unpaired) electrons. The van der Waals surface area contributed by atoms with Crippen molar-refractivity contribution in [1.29, 1.82) is 0 Å². The van der Waals surface area contributed by atoms with Gasteiger partial charge in [-0.1, -0.05) is 71.1 Å². The zero-order chi connectivity index (χ0) is 14.6. The SMILES string of the molecule is CCCCCCCCCCCCC1CN(CC)C(=O)N1. The summed E-state index contributed by atoms with van der Waals surface area (Å²) in [6.07, 6.45) is 14.9. The van der Waals surface area contributed by atoms with E-state index >= 15 is 0 Å². The monoisotopic (exact) mass is 282 g/mol. The van der Waals surface area contributed by atoms with Gasteiger partial charge in [0.05, 0.1) is 0 Å². The molecule has 1 aliphatic rings. The summed E-state index contributed by atoms with van der Waals surface area (Å²) in [5.74, 6) is 0. The summed E-state index contributed by atoms with van der Waals surface area (Å²) in [5.41, 5.74) is 0. The van der Waals surface area contributed by atoms with Crippen LogP contribution in [0.2, 0.25) is 0 Å². The van der Waals surface area contributed by atoms with Crippen LogP contribution in [-0.4, -0.2) is 30.1 Å². The van der Waals surface area contributed by atoms with Crippen LogP contribution in [0.4, 0.5) is 4.79 Å². The molecule has 1 fully saturated rings. The highest BCUT2D eigenvalue weighted by Gasteiger charge is 2.26. The molecule has 1 unspecified atom stereocenters. The third kappa shape index (κ3) is 7.16. The molecule has 1 N–H and O–H groups in total. The fourth-order valence-corrected chi connectivity index (χ4v) is 2.97. The number of nitrogens with one attached hydrogen (secondary N) is 1. The first-order valence-electron chi connectivity index (χ1n) is 8.83. The molecule has 1 saturated heterocycles. The van der Waals surface area contributed by atoms with Gasteiger partial charge in [-0.15, -0.1) is 0 Å². The fourth-order valence-electron chi connectivity index (χ4n) is 2.97. The van der Waals surface area contributed by atoms with E-state index in [4.69, 9.17) is 0 Å². The van der Waals surface area contributed by atoms with Gasteiger partial charge in [0, 0.05) is 19.1 Å². The Hall–Kier alpha value is -0.730. The van der Waals surface area contributed by atoms with Crippen molar-refractivity contribution in [3.63, 3.8) is 0 Å². The van der Waals surface area contributed by atoms with Crippen LogP contribution in [-0.2, 0) is 0 Å². The Bertz CT molecular complexity index is 255. The molecule has 3 heteroatoms. The number of nitrogens with zero attached hydrogens (tertiary/aromatic N) is 1. The number of carbonyl (C=O) groups excluding carboxylic acids is 1. The summed E-state index contributed by atoms with van der Waals surface area (Å²) in [7, 11) is 0. The number of urea groups is 1. The lowest BCUT2D eigenvalue weighted by molar-refractivity contribution is 0.219. The van der Waals surface area contributed by atoms with Gasteiger partial charge in [0.1, 0.15) is 0 Å². The average Bonchev–Trinajstić information content (AvgIpc) is 2.81. The number of unbranched alkanes of at least 4 members (excludes halogenated alkanes) is 9. The van der Waals surface area contributed by atoms with Crippen LogP contribution in [0.25, 0.3) is 0 Å². The van der Waals surface area contributed by atoms with Gasteiger partial charge in [0.25, 0.3) is 0 Å². The lowest BCUT2D eigenvalue weighted by Crippen LogP contribution is -2.28. The van der Waals surface area contributed by atoms with Crippen LogP contribution in [0.1, 0.15) is 84.5 Å². The molecule has 1 aliphatic heterocycles. The van der Waals surface area contributed by atoms with E-state index in [2.05, 4.69) is 12.2 Å². The molecule has 3 nitrogen and oxygen atoms in total. The van der Waals surface area contributed by atoms with Crippen molar-refractivity contribution in [3.05, 3.63) is 0 Å². The van der Waals surface area contributed by atoms with E-state index in [1.807, 2.05) is 11.8 Å². The van der Waals surface area contributed by atoms with Crippen LogP contribution < -0.4 is 5.32 Å². The number of hydrogen-bond acceptors (Lipinski definition) is 1. The van der Waals surface area contributed by atoms with Crippen LogP contribution in [0, 0.1) is 0 Å². The highest BCUT2D eigenvalue weighted by Crippen LogP contribution is 2.14. The number of carbonyl (C=O) groups is 1. The van der Waals surface area contributed by atoms with Crippen molar-refractivity contribution in [2.75, 3.05) is 13.1 Å². The molecular formula is C17H34N2O. The second kappa shape index (κ2) is 11.0. The molecule has 1 atom stereocenters. The number of rotatable bonds is 12. The van der Waals surface area contributed by atoms with Gasteiger partial charge in [0.2, 0.25) is 0 Å². The van der Waals surface area contributed by atoms with Crippen molar-refractivity contribution in [2.45, 2.75) is 90.5 Å². The predicted octanol–water partition coefficient (Wildman–Crippen LogP) is 4.71. The van der Waals surface area contributed by atoms with Gasteiger partial charge < -0.3 is 10.2 Å². The van der Waals surface area contributed by atoms with E-state index in [-0.39, 0.29) is 6.03 Å². The quantitative estimate of drug-likeness (QED) is 0.516. The zero-order valence-corrected chi connectivity index (χ0v) is 13.6. The normalized spacial score (nSPS) is 18.6. The van der Waals surface area contributed by atoms with E-state index < -0.39 is 0 Å². The Morgan fingerprint density at radius 2 is 1.50 bits per heavy atom. The first-order valence-corrected chi connectivity index (χ1v) is 8.83. The minimum atomic E-state index is 0.129. The average molecular weight is 282 g/mol. The highest BCUT2D eigenvalue weighted by molar-refractivity contribution is 5.76. The third-order valence-corrected chi connectivity index (χ3v) is 4.34. The molecule has 0 saturated carbocycles. The molecule has 0 aromatic carbocycles. The van der Waals surface area contributed by atoms with Crippen LogP contribution in [0.5, 0.6) is 0 Å². The second-order valence-corrected chi connectivity index (χ2v) is 6.16. The molecule has 118 valence electrons. The van der Waals surface area contributed by atoms with Crippen LogP contribution in [0.3, 0.4) is 0 Å². The first-order chi connectivity index (χ1) is 9.77. The Labute approximate surface area is 125 Å². The summed E-state index contributed by atoms with van der Waals surface area (Å²) < 4.78 is 0. The second-order valence-electron chi connectivity index (χ2n) is 6.16. The maximum atomic E-state index is 11.5. The van der Waals surface area contributed by atoms with E-state index in [1.54, 1.807) is 0 Å². The first kappa shape index (κ1) is 17.3. The molecule has 0 aliphatic carbocycles. The molecule has 0 bridgehead atoms. The van der Waals surface area contributed by atoms with Gasteiger partial charge in [-0.3, -0.25) is 0 Å². The molecule has 0 aromatic rings. The predicted molar refractivity (Wildman–Crippen MR) is 86.0 cm³/mol. The van der Waals surface area contributed by atoms with E-state index in [1.165, 1.54) is 64.2 Å². The molecule has 0 aromatic heterocycles. The van der Waals surface area contributed by atoms with Crippen LogP contribution >= 0.6 is 0 Å². The zero-order valence-electron chi connectivity index (χ0n) is 13.6. The summed E-state index contributed by atoms with van der Waals surface area (Å²) >= 11 is 0. The van der Waals surface area contributed by atoms with E-state index in [0.717, 1.165) is 19.5 Å². The van der Waals surface area contributed by atoms with Gasteiger partial charge in [-0.2, -0.15) is 0 Å². The third-order valence-electron chi connectivity index (χ3n) is 4.34. The van der Waals surface area contributed by atoms with Gasteiger partial charge in [-0.25, -0.2) is 4.79 Å². The maximum Gasteiger partial charge on any atom is 0.317 e. The van der Waals surface area contributed by atoms with Crippen molar-refractivity contribution in [2.24, 2.45) is 0 Å². The van der Waals surface area contributed by atoms with Crippen LogP contribution in [0.15, 0.2) is 0 Å². The van der Waals surface area contributed by atoms with Crippen molar-refractivity contribution in [3.8, 4) is 0 Å². The lowest BCUT2D eigenvalue weighted by atomic mass is 10.0. The fraction of sp³-hybridized carbons (Fsp3) is 0.941. The highest BCUT2D eigenvalue weighted by atomic mass is 16.2. The number of likely N-dealkylation sites (N-methyl/N-ethyl adjacent to an activating group) is 1. The minimum absolute atomic E-state index is 0.129. The van der Waals surface area contributed by atoms with Crippen molar-refractivity contribution < 1.29 is 4.79 Å². The Kier molecular flexibility index (Phi) is 9.52. The number of hydrogen-bond donors (Lipinski definition) is 1. The maximum absolute atomic E-state index is 11.5. The lowest BCUT2D eigenvalue weighted by Gasteiger charge is -2.11. The number of amides is 2. The summed E-state index contributed by atoms with van der Waals surface area (Å²) in [6.45, 7) is 6.06. The standard InChI is InChI=1S/C17H34N2O/c1-3-5-6-7-8-9-10-11-12-13-14-16-15-19(4-2)17(20)18-16/h16H,3-15H2,1-2H3,(H,18,20). The molecule has 1 heterocycles. The Balaban J connectivity index is 1.84. The summed E-state index contributed by atoms with van der Waals surface area (Å²) in [6, 6.07) is 0.529. The Morgan fingerprint density at radius 1 is 0.950 bits per heavy atom. The topological polar surface area (TPSA) is 32.3 Å². The Morgan fingerprint density at radius 3 is 2.00 bits per heavy atom. The minimum Gasteiger partial charge on any atom is -0.333 e. The molecule has 1 rings (SSSR count).